The normalized spacial score (nSPS) is 19.5. The topological polar surface area (TPSA) is 23.8 Å². The summed E-state index contributed by atoms with van der Waals surface area (Å²) >= 11 is 0. The number of nitrogens with zero attached hydrogens (tertiary/aromatic N) is 1. The highest BCUT2D eigenvalue weighted by atomic mass is 19.1. The van der Waals surface area contributed by atoms with E-state index in [0.29, 0.717) is 35.8 Å². The Bertz CT molecular complexity index is 851. The molecule has 0 radical (unpaired) electrons. The van der Waals surface area contributed by atoms with Crippen molar-refractivity contribution in [2.24, 2.45) is 5.92 Å². The van der Waals surface area contributed by atoms with Crippen molar-refractivity contribution in [1.82, 2.24) is 0 Å². The van der Waals surface area contributed by atoms with Gasteiger partial charge in [0.1, 0.15) is 29.1 Å². The van der Waals surface area contributed by atoms with Crippen LogP contribution in [0, 0.1) is 34.7 Å². The van der Waals surface area contributed by atoms with E-state index in [-0.39, 0.29) is 5.82 Å². The van der Waals surface area contributed by atoms with Gasteiger partial charge in [0.2, 0.25) is 0 Å². The van der Waals surface area contributed by atoms with Crippen molar-refractivity contribution < 1.29 is 13.2 Å². The van der Waals surface area contributed by atoms with Crippen LogP contribution in [0.3, 0.4) is 0 Å². The molecule has 1 aliphatic rings. The molecule has 1 aliphatic carbocycles. The molecule has 0 N–H and O–H groups in total. The zero-order valence-corrected chi connectivity index (χ0v) is 15.1. The summed E-state index contributed by atoms with van der Waals surface area (Å²) in [5.74, 6) is -1.07. The molecule has 0 aromatic heterocycles. The second-order valence-electron chi connectivity index (χ2n) is 7.24. The van der Waals surface area contributed by atoms with Crippen LogP contribution in [0.2, 0.25) is 0 Å². The molecule has 0 saturated heterocycles. The molecule has 0 atom stereocenters. The Balaban J connectivity index is 1.67. The first kappa shape index (κ1) is 19.2. The van der Waals surface area contributed by atoms with Crippen LogP contribution >= 0.6 is 0 Å². The molecule has 0 heterocycles. The van der Waals surface area contributed by atoms with Gasteiger partial charge >= 0.3 is 0 Å². The number of rotatable bonds is 5. The first-order valence-corrected chi connectivity index (χ1v) is 9.30. The van der Waals surface area contributed by atoms with Gasteiger partial charge in [0.05, 0.1) is 0 Å². The maximum absolute atomic E-state index is 14.5. The van der Waals surface area contributed by atoms with Crippen molar-refractivity contribution in [3.8, 4) is 6.07 Å². The van der Waals surface area contributed by atoms with Crippen LogP contribution in [0.15, 0.2) is 43.0 Å². The fraction of sp³-hybridized carbons (Fsp3) is 0.348. The molecule has 1 fully saturated rings. The van der Waals surface area contributed by atoms with E-state index in [9.17, 15) is 13.2 Å². The third-order valence-corrected chi connectivity index (χ3v) is 5.55. The highest BCUT2D eigenvalue weighted by Gasteiger charge is 2.21. The molecule has 0 aliphatic heterocycles. The summed E-state index contributed by atoms with van der Waals surface area (Å²) in [6.07, 6.45) is 6.92. The highest BCUT2D eigenvalue weighted by molar-refractivity contribution is 5.36. The van der Waals surface area contributed by atoms with E-state index in [2.05, 4.69) is 6.58 Å². The smallest absolute Gasteiger partial charge is 0.144 e. The summed E-state index contributed by atoms with van der Waals surface area (Å²) in [6.45, 7) is 3.85. The Hall–Kier alpha value is -2.54. The first-order chi connectivity index (χ1) is 13.0. The van der Waals surface area contributed by atoms with Gasteiger partial charge in [-0.15, -0.1) is 6.58 Å². The Kier molecular flexibility index (Phi) is 6.01. The van der Waals surface area contributed by atoms with E-state index in [4.69, 9.17) is 5.26 Å². The van der Waals surface area contributed by atoms with Gasteiger partial charge in [-0.2, -0.15) is 5.26 Å². The second kappa shape index (κ2) is 8.43. The van der Waals surface area contributed by atoms with Crippen molar-refractivity contribution in [2.45, 2.75) is 44.4 Å². The zero-order chi connectivity index (χ0) is 19.4. The van der Waals surface area contributed by atoms with E-state index in [1.807, 2.05) is 12.1 Å². The van der Waals surface area contributed by atoms with E-state index in [1.165, 1.54) is 6.07 Å². The number of hydrogen-bond donors (Lipinski definition) is 0. The lowest BCUT2D eigenvalue weighted by atomic mass is 9.78. The molecule has 3 rings (SSSR count). The molecule has 0 spiro atoms. The highest BCUT2D eigenvalue weighted by Crippen LogP contribution is 2.36. The van der Waals surface area contributed by atoms with Crippen molar-refractivity contribution >= 4 is 0 Å². The quantitative estimate of drug-likeness (QED) is 0.574. The second-order valence-corrected chi connectivity index (χ2v) is 7.24. The first-order valence-electron chi connectivity index (χ1n) is 9.30. The molecule has 2 aromatic rings. The average Bonchev–Trinajstić information content (AvgIpc) is 2.67. The summed E-state index contributed by atoms with van der Waals surface area (Å²) in [4.78, 5) is 0. The molecule has 27 heavy (non-hydrogen) atoms. The van der Waals surface area contributed by atoms with E-state index < -0.39 is 17.2 Å². The van der Waals surface area contributed by atoms with Crippen molar-refractivity contribution in [2.75, 3.05) is 0 Å². The molecule has 140 valence electrons. The SMILES string of the molecule is C=CC1CCC(c2ccc(CCc3cc(F)c(C#N)c(F)c3)c(F)c2)CC1. The van der Waals surface area contributed by atoms with Crippen molar-refractivity contribution in [1.29, 1.82) is 5.26 Å². The largest absolute Gasteiger partial charge is 0.207 e. The number of benzene rings is 2. The van der Waals surface area contributed by atoms with Crippen molar-refractivity contribution in [3.63, 3.8) is 0 Å². The third-order valence-electron chi connectivity index (χ3n) is 5.55. The minimum absolute atomic E-state index is 0.270. The molecule has 2 aromatic carbocycles. The predicted molar refractivity (Wildman–Crippen MR) is 99.8 cm³/mol. The fourth-order valence-corrected chi connectivity index (χ4v) is 3.86. The van der Waals surface area contributed by atoms with Crippen LogP contribution in [0.25, 0.3) is 0 Å². The summed E-state index contributed by atoms with van der Waals surface area (Å²) < 4.78 is 41.9. The lowest BCUT2D eigenvalue weighted by Gasteiger charge is -2.27. The molecule has 0 bridgehead atoms. The minimum atomic E-state index is -0.876. The number of hydrogen-bond acceptors (Lipinski definition) is 1. The Morgan fingerprint density at radius 3 is 2.19 bits per heavy atom. The maximum atomic E-state index is 14.5. The lowest BCUT2D eigenvalue weighted by Crippen LogP contribution is -2.12. The van der Waals surface area contributed by atoms with Gasteiger partial charge in [0, 0.05) is 0 Å². The number of aryl methyl sites for hydroxylation is 2. The van der Waals surface area contributed by atoms with Crippen LogP contribution in [0.4, 0.5) is 13.2 Å². The monoisotopic (exact) mass is 369 g/mol. The molecule has 0 unspecified atom stereocenters. The van der Waals surface area contributed by atoms with Gasteiger partial charge in [0.25, 0.3) is 0 Å². The van der Waals surface area contributed by atoms with Crippen LogP contribution in [-0.4, -0.2) is 0 Å². The van der Waals surface area contributed by atoms with E-state index in [1.54, 1.807) is 12.1 Å². The van der Waals surface area contributed by atoms with Crippen molar-refractivity contribution in [3.05, 3.63) is 82.7 Å². The predicted octanol–water partition coefficient (Wildman–Crippen LogP) is 6.22. The van der Waals surface area contributed by atoms with E-state index >= 15 is 0 Å². The molecule has 1 saturated carbocycles. The standard InChI is InChI=1S/C23H22F3N/c1-2-15-3-6-17(7-4-15)19-10-9-18(21(24)13-19)8-5-16-11-22(25)20(14-27)23(26)12-16/h2,9-13,15,17H,1,3-8H2. The zero-order valence-electron chi connectivity index (χ0n) is 15.1. The molecular weight excluding hydrogens is 347 g/mol. The fourth-order valence-electron chi connectivity index (χ4n) is 3.86. The molecular formula is C23H22F3N. The van der Waals surface area contributed by atoms with Gasteiger partial charge in [-0.25, -0.2) is 13.2 Å². The summed E-state index contributed by atoms with van der Waals surface area (Å²) in [6, 6.07) is 9.14. The number of halogens is 3. The summed E-state index contributed by atoms with van der Waals surface area (Å²) in [5, 5.41) is 8.71. The van der Waals surface area contributed by atoms with Crippen LogP contribution < -0.4 is 0 Å². The minimum Gasteiger partial charge on any atom is -0.207 e. The Morgan fingerprint density at radius 1 is 0.963 bits per heavy atom. The Labute approximate surface area is 158 Å². The van der Waals surface area contributed by atoms with Crippen LogP contribution in [0.5, 0.6) is 0 Å². The summed E-state index contributed by atoms with van der Waals surface area (Å²) in [5.41, 5.74) is 1.38. The van der Waals surface area contributed by atoms with Gasteiger partial charge in [-0.3, -0.25) is 0 Å². The average molecular weight is 369 g/mol. The molecule has 0 amide bonds. The molecule has 1 nitrogen and oxygen atoms in total. The third kappa shape index (κ3) is 4.42. The Morgan fingerprint density at radius 2 is 1.63 bits per heavy atom. The number of nitriles is 1. The van der Waals surface area contributed by atoms with Crippen LogP contribution in [0.1, 0.15) is 53.9 Å². The number of allylic oxidation sites excluding steroid dienone is 1. The molecule has 4 heteroatoms. The lowest BCUT2D eigenvalue weighted by molar-refractivity contribution is 0.375. The van der Waals surface area contributed by atoms with Gasteiger partial charge < -0.3 is 0 Å². The van der Waals surface area contributed by atoms with Gasteiger partial charge in [0.15, 0.2) is 0 Å². The maximum Gasteiger partial charge on any atom is 0.144 e. The van der Waals surface area contributed by atoms with Gasteiger partial charge in [-0.1, -0.05) is 18.2 Å². The van der Waals surface area contributed by atoms with E-state index in [0.717, 1.165) is 43.4 Å². The van der Waals surface area contributed by atoms with Gasteiger partial charge in [-0.05, 0) is 85.3 Å². The summed E-state index contributed by atoms with van der Waals surface area (Å²) in [7, 11) is 0. The van der Waals surface area contributed by atoms with Crippen LogP contribution in [-0.2, 0) is 12.8 Å².